The van der Waals surface area contributed by atoms with E-state index in [1.54, 1.807) is 18.4 Å². The number of anilines is 2. The van der Waals surface area contributed by atoms with E-state index in [0.29, 0.717) is 29.3 Å². The number of rotatable bonds is 5. The van der Waals surface area contributed by atoms with Gasteiger partial charge in [-0.05, 0) is 54.8 Å². The number of Topliss-reactive ketones (excluding diaryl/α,β-unsaturated/α-hetero) is 1. The molecule has 1 amide bonds. The van der Waals surface area contributed by atoms with Gasteiger partial charge in [-0.25, -0.2) is 0 Å². The van der Waals surface area contributed by atoms with Crippen molar-refractivity contribution in [2.45, 2.75) is 31.8 Å². The molecule has 5 rings (SSSR count). The van der Waals surface area contributed by atoms with Crippen molar-refractivity contribution in [2.24, 2.45) is 0 Å². The smallest absolute Gasteiger partial charge is 0.239 e. The van der Waals surface area contributed by atoms with Gasteiger partial charge in [0, 0.05) is 29.3 Å². The standard InChI is InChI=1S/C26H24ClN3O3/c27-18-12-10-17(11-13-18)15-28-24(32)16-30-21-7-2-1-5-19(21)29-20-6-3-8-22(31)25(20)26(30)23-9-4-14-33-23/h1-2,4-5,7,9-14,26,29H,3,6,8,15-16H2,(H,28,32). The fourth-order valence-corrected chi connectivity index (χ4v) is 4.66. The highest BCUT2D eigenvalue weighted by atomic mass is 35.5. The second kappa shape index (κ2) is 9.16. The average Bonchev–Trinajstić information content (AvgIpc) is 3.30. The third-order valence-corrected chi connectivity index (χ3v) is 6.32. The van der Waals surface area contributed by atoms with Crippen LogP contribution in [0.15, 0.2) is 82.6 Å². The van der Waals surface area contributed by atoms with Gasteiger partial charge in [-0.3, -0.25) is 9.59 Å². The monoisotopic (exact) mass is 461 g/mol. The van der Waals surface area contributed by atoms with Crippen LogP contribution in [-0.2, 0) is 16.1 Å². The van der Waals surface area contributed by atoms with E-state index in [9.17, 15) is 9.59 Å². The number of nitrogens with zero attached hydrogens (tertiary/aromatic N) is 1. The zero-order valence-corrected chi connectivity index (χ0v) is 18.8. The van der Waals surface area contributed by atoms with Crippen molar-refractivity contribution in [2.75, 3.05) is 16.8 Å². The summed E-state index contributed by atoms with van der Waals surface area (Å²) in [7, 11) is 0. The Balaban J connectivity index is 1.50. The van der Waals surface area contributed by atoms with Crippen LogP contribution in [0.4, 0.5) is 11.4 Å². The Hall–Kier alpha value is -3.51. The Morgan fingerprint density at radius 2 is 1.91 bits per heavy atom. The number of ketones is 1. The minimum Gasteiger partial charge on any atom is -0.467 e. The summed E-state index contributed by atoms with van der Waals surface area (Å²) < 4.78 is 5.79. The molecule has 1 unspecified atom stereocenters. The molecule has 2 aliphatic rings. The van der Waals surface area contributed by atoms with Gasteiger partial charge in [0.15, 0.2) is 5.78 Å². The summed E-state index contributed by atoms with van der Waals surface area (Å²) in [5, 5.41) is 7.13. The number of furan rings is 1. The molecule has 0 fully saturated rings. The Morgan fingerprint density at radius 1 is 1.09 bits per heavy atom. The van der Waals surface area contributed by atoms with Crippen LogP contribution in [-0.4, -0.2) is 18.2 Å². The number of amides is 1. The molecule has 2 N–H and O–H groups in total. The highest BCUT2D eigenvalue weighted by molar-refractivity contribution is 6.30. The first-order valence-corrected chi connectivity index (χ1v) is 11.4. The molecule has 168 valence electrons. The van der Waals surface area contributed by atoms with Gasteiger partial charge in [-0.2, -0.15) is 0 Å². The number of carbonyl (C=O) groups excluding carboxylic acids is 2. The van der Waals surface area contributed by atoms with Gasteiger partial charge < -0.3 is 20.0 Å². The van der Waals surface area contributed by atoms with Crippen LogP contribution in [0.25, 0.3) is 0 Å². The van der Waals surface area contributed by atoms with Crippen molar-refractivity contribution in [3.8, 4) is 0 Å². The Bertz CT molecular complexity index is 1200. The summed E-state index contributed by atoms with van der Waals surface area (Å²) in [6.07, 6.45) is 3.68. The van der Waals surface area contributed by atoms with Gasteiger partial charge in [0.05, 0.1) is 24.2 Å². The SMILES string of the molecule is O=C(CN1c2ccccc2NC2=C(C(=O)CCC2)C1c1ccco1)NCc1ccc(Cl)cc1. The normalized spacial score (nSPS) is 17.7. The largest absolute Gasteiger partial charge is 0.467 e. The van der Waals surface area contributed by atoms with Crippen LogP contribution in [0.3, 0.4) is 0 Å². The van der Waals surface area contributed by atoms with Gasteiger partial charge in [0.2, 0.25) is 5.91 Å². The molecule has 0 saturated carbocycles. The van der Waals surface area contributed by atoms with Crippen LogP contribution in [0.1, 0.15) is 36.6 Å². The third kappa shape index (κ3) is 4.39. The number of halogens is 1. The summed E-state index contributed by atoms with van der Waals surface area (Å²) in [6, 6.07) is 18.4. The van der Waals surface area contributed by atoms with E-state index in [4.69, 9.17) is 16.0 Å². The number of carbonyl (C=O) groups is 2. The number of allylic oxidation sites excluding steroid dienone is 1. The van der Waals surface area contributed by atoms with Gasteiger partial charge >= 0.3 is 0 Å². The third-order valence-electron chi connectivity index (χ3n) is 6.07. The summed E-state index contributed by atoms with van der Waals surface area (Å²) in [5.41, 5.74) is 4.27. The minimum absolute atomic E-state index is 0.0711. The predicted molar refractivity (Wildman–Crippen MR) is 128 cm³/mol. The van der Waals surface area contributed by atoms with Gasteiger partial charge in [-0.1, -0.05) is 35.9 Å². The lowest BCUT2D eigenvalue weighted by atomic mass is 9.88. The van der Waals surface area contributed by atoms with Gasteiger partial charge in [0.1, 0.15) is 11.8 Å². The molecule has 0 bridgehead atoms. The van der Waals surface area contributed by atoms with Crippen molar-refractivity contribution in [3.05, 3.63) is 94.5 Å². The lowest BCUT2D eigenvalue weighted by Gasteiger charge is -2.33. The maximum absolute atomic E-state index is 13.1. The van der Waals surface area contributed by atoms with E-state index in [0.717, 1.165) is 35.5 Å². The molecule has 3 aromatic rings. The van der Waals surface area contributed by atoms with E-state index in [1.165, 1.54) is 0 Å². The van der Waals surface area contributed by atoms with E-state index in [-0.39, 0.29) is 18.2 Å². The molecule has 1 aromatic heterocycles. The predicted octanol–water partition coefficient (Wildman–Crippen LogP) is 5.23. The molecule has 1 atom stereocenters. The van der Waals surface area contributed by atoms with Crippen molar-refractivity contribution in [1.29, 1.82) is 0 Å². The topological polar surface area (TPSA) is 74.6 Å². The number of nitrogens with one attached hydrogen (secondary N) is 2. The van der Waals surface area contributed by atoms with E-state index < -0.39 is 6.04 Å². The number of benzene rings is 2. The zero-order chi connectivity index (χ0) is 22.8. The number of fused-ring (bicyclic) bond motifs is 1. The van der Waals surface area contributed by atoms with Gasteiger partial charge in [-0.15, -0.1) is 0 Å². The van der Waals surface area contributed by atoms with Crippen molar-refractivity contribution < 1.29 is 14.0 Å². The Labute approximate surface area is 197 Å². The lowest BCUT2D eigenvalue weighted by Crippen LogP contribution is -2.41. The summed E-state index contributed by atoms with van der Waals surface area (Å²) >= 11 is 5.96. The summed E-state index contributed by atoms with van der Waals surface area (Å²) in [6.45, 7) is 0.462. The molecule has 0 saturated heterocycles. The molecule has 7 heteroatoms. The molecule has 33 heavy (non-hydrogen) atoms. The maximum Gasteiger partial charge on any atom is 0.239 e. The highest BCUT2D eigenvalue weighted by Crippen LogP contribution is 2.44. The van der Waals surface area contributed by atoms with Crippen molar-refractivity contribution >= 4 is 34.7 Å². The highest BCUT2D eigenvalue weighted by Gasteiger charge is 2.38. The molecular formula is C26H24ClN3O3. The summed E-state index contributed by atoms with van der Waals surface area (Å²) in [5.74, 6) is 0.579. The molecule has 1 aliphatic carbocycles. The second-order valence-electron chi connectivity index (χ2n) is 8.26. The first-order valence-electron chi connectivity index (χ1n) is 11.0. The molecule has 6 nitrogen and oxygen atoms in total. The fourth-order valence-electron chi connectivity index (χ4n) is 4.53. The number of hydrogen-bond donors (Lipinski definition) is 2. The number of hydrogen-bond acceptors (Lipinski definition) is 5. The minimum atomic E-state index is -0.486. The first-order chi connectivity index (χ1) is 16.1. The van der Waals surface area contributed by atoms with Crippen molar-refractivity contribution in [3.63, 3.8) is 0 Å². The van der Waals surface area contributed by atoms with Gasteiger partial charge in [0.25, 0.3) is 0 Å². The average molecular weight is 462 g/mol. The zero-order valence-electron chi connectivity index (χ0n) is 18.0. The number of para-hydroxylation sites is 2. The second-order valence-corrected chi connectivity index (χ2v) is 8.70. The maximum atomic E-state index is 13.1. The quantitative estimate of drug-likeness (QED) is 0.544. The Kier molecular flexibility index (Phi) is 5.92. The molecule has 0 radical (unpaired) electrons. The Morgan fingerprint density at radius 3 is 2.70 bits per heavy atom. The lowest BCUT2D eigenvalue weighted by molar-refractivity contribution is -0.120. The van der Waals surface area contributed by atoms with Crippen LogP contribution >= 0.6 is 11.6 Å². The van der Waals surface area contributed by atoms with Crippen LogP contribution < -0.4 is 15.5 Å². The van der Waals surface area contributed by atoms with E-state index in [1.807, 2.05) is 53.4 Å². The first kappa shape index (κ1) is 21.3. The molecular weight excluding hydrogens is 438 g/mol. The van der Waals surface area contributed by atoms with E-state index >= 15 is 0 Å². The molecule has 2 heterocycles. The van der Waals surface area contributed by atoms with E-state index in [2.05, 4.69) is 10.6 Å². The van der Waals surface area contributed by atoms with Crippen LogP contribution in [0.5, 0.6) is 0 Å². The van der Waals surface area contributed by atoms with Crippen molar-refractivity contribution in [1.82, 2.24) is 5.32 Å². The molecule has 0 spiro atoms. The molecule has 2 aromatic carbocycles. The van der Waals surface area contributed by atoms with Crippen LogP contribution in [0, 0.1) is 0 Å². The van der Waals surface area contributed by atoms with Crippen LogP contribution in [0.2, 0.25) is 5.02 Å². The summed E-state index contributed by atoms with van der Waals surface area (Å²) in [4.78, 5) is 28.2. The fraction of sp³-hybridized carbons (Fsp3) is 0.231. The molecule has 1 aliphatic heterocycles.